The van der Waals surface area contributed by atoms with E-state index in [0.29, 0.717) is 6.04 Å². The average Bonchev–Trinajstić information content (AvgIpc) is 3.12. The van der Waals surface area contributed by atoms with Crippen molar-refractivity contribution < 1.29 is 19.1 Å². The number of hydrogen-bond acceptors (Lipinski definition) is 5. The van der Waals surface area contributed by atoms with E-state index in [0.717, 1.165) is 19.3 Å². The first-order valence-corrected chi connectivity index (χ1v) is 13.2. The van der Waals surface area contributed by atoms with E-state index in [-0.39, 0.29) is 25.3 Å². The van der Waals surface area contributed by atoms with Gasteiger partial charge in [0.25, 0.3) is 0 Å². The Kier molecular flexibility index (Phi) is 12.8. The molecule has 3 unspecified atom stereocenters. The smallest absolute Gasteiger partial charge is 0.429 e. The molecule has 7 nitrogen and oxygen atoms in total. The number of benzene rings is 1. The number of ether oxygens (including phenoxy) is 2. The van der Waals surface area contributed by atoms with Gasteiger partial charge in [-0.2, -0.15) is 0 Å². The zero-order chi connectivity index (χ0) is 24.8. The zero-order valence-electron chi connectivity index (χ0n) is 21.6. The van der Waals surface area contributed by atoms with Crippen LogP contribution in [0, 0.1) is 0 Å². The lowest BCUT2D eigenvalue weighted by Gasteiger charge is -2.33. The first-order chi connectivity index (χ1) is 16.5. The maximum atomic E-state index is 12.9. The highest BCUT2D eigenvalue weighted by Crippen LogP contribution is 2.32. The van der Waals surface area contributed by atoms with Crippen molar-refractivity contribution in [1.82, 2.24) is 15.3 Å². The normalized spacial score (nSPS) is 20.2. The van der Waals surface area contributed by atoms with Crippen molar-refractivity contribution in [3.8, 4) is 0 Å². The van der Waals surface area contributed by atoms with E-state index in [9.17, 15) is 9.59 Å². The first-order valence-electron chi connectivity index (χ1n) is 13.2. The highest BCUT2D eigenvalue weighted by Gasteiger charge is 2.44. The van der Waals surface area contributed by atoms with Crippen molar-refractivity contribution in [2.24, 2.45) is 0 Å². The summed E-state index contributed by atoms with van der Waals surface area (Å²) >= 11 is 0. The Balaban J connectivity index is 2.12. The molecule has 1 aliphatic rings. The molecule has 192 valence electrons. The van der Waals surface area contributed by atoms with Crippen LogP contribution in [0.4, 0.5) is 9.59 Å². The van der Waals surface area contributed by atoms with E-state index < -0.39 is 12.2 Å². The Labute approximate surface area is 206 Å². The van der Waals surface area contributed by atoms with Crippen LogP contribution in [0.1, 0.15) is 84.1 Å². The van der Waals surface area contributed by atoms with Crippen LogP contribution >= 0.6 is 0 Å². The van der Waals surface area contributed by atoms with Gasteiger partial charge >= 0.3 is 12.2 Å². The zero-order valence-corrected chi connectivity index (χ0v) is 21.6. The van der Waals surface area contributed by atoms with Gasteiger partial charge < -0.3 is 9.47 Å². The molecule has 0 spiro atoms. The minimum Gasteiger partial charge on any atom is -0.449 e. The lowest BCUT2D eigenvalue weighted by molar-refractivity contribution is 0.0468. The monoisotopic (exact) mass is 475 g/mol. The molecule has 0 aromatic heterocycles. The predicted octanol–water partition coefficient (Wildman–Crippen LogP) is 5.93. The van der Waals surface area contributed by atoms with Crippen LogP contribution in [0.15, 0.2) is 30.3 Å². The molecule has 0 aliphatic carbocycles. The minimum absolute atomic E-state index is 0.0586. The fourth-order valence-electron chi connectivity index (χ4n) is 4.93. The van der Waals surface area contributed by atoms with Crippen molar-refractivity contribution in [2.75, 3.05) is 20.3 Å². The summed E-state index contributed by atoms with van der Waals surface area (Å²) in [5.41, 5.74) is 3.88. The topological polar surface area (TPSA) is 71.1 Å². The average molecular weight is 476 g/mol. The van der Waals surface area contributed by atoms with Gasteiger partial charge in [0.05, 0.1) is 19.3 Å². The Bertz CT molecular complexity index is 715. The number of likely N-dealkylation sites (tertiary alicyclic amines) is 1. The molecule has 3 atom stereocenters. The standard InChI is InChI=1S/C27H45N3O4/c1-5-8-9-10-11-12-16-19-23-21-25(24(29(23)4)20-22-17-14-13-15-18-22)30(27(32)34-7-3)28-26(31)33-6-2/h13-15,17-18,23-25H,5-12,16,19-21H2,1-4H3,(H,28,31). The predicted molar refractivity (Wildman–Crippen MR) is 136 cm³/mol. The molecule has 1 N–H and O–H groups in total. The molecule has 34 heavy (non-hydrogen) atoms. The first kappa shape index (κ1) is 28.0. The van der Waals surface area contributed by atoms with Gasteiger partial charge in [-0.15, -0.1) is 0 Å². The SMILES string of the molecule is CCCCCCCCCC1CC(N(NC(=O)OCC)C(=O)OCC)C(Cc2ccccc2)N1C. The Morgan fingerprint density at radius 3 is 2.26 bits per heavy atom. The van der Waals surface area contributed by atoms with Crippen molar-refractivity contribution >= 4 is 12.2 Å². The number of rotatable bonds is 13. The van der Waals surface area contributed by atoms with E-state index in [1.54, 1.807) is 13.8 Å². The van der Waals surface area contributed by atoms with Gasteiger partial charge in [-0.1, -0.05) is 82.2 Å². The molecule has 1 saturated heterocycles. The fraction of sp³-hybridized carbons (Fsp3) is 0.704. The maximum Gasteiger partial charge on any atom is 0.429 e. The number of hydrogen-bond donors (Lipinski definition) is 1. The maximum absolute atomic E-state index is 12.9. The molecular formula is C27H45N3O4. The Hall–Kier alpha value is -2.28. The number of hydrazine groups is 1. The van der Waals surface area contributed by atoms with Crippen LogP contribution in [0.5, 0.6) is 0 Å². The summed E-state index contributed by atoms with van der Waals surface area (Å²) in [6.45, 7) is 6.24. The third kappa shape index (κ3) is 8.82. The van der Waals surface area contributed by atoms with E-state index >= 15 is 0 Å². The number of nitrogens with one attached hydrogen (secondary N) is 1. The van der Waals surface area contributed by atoms with Gasteiger partial charge in [-0.3, -0.25) is 4.90 Å². The van der Waals surface area contributed by atoms with E-state index in [2.05, 4.69) is 36.4 Å². The van der Waals surface area contributed by atoms with E-state index in [1.165, 1.54) is 55.5 Å². The van der Waals surface area contributed by atoms with Crippen molar-refractivity contribution in [3.05, 3.63) is 35.9 Å². The lowest BCUT2D eigenvalue weighted by Crippen LogP contribution is -2.56. The van der Waals surface area contributed by atoms with Gasteiger partial charge in [-0.25, -0.2) is 20.0 Å². The highest BCUT2D eigenvalue weighted by atomic mass is 16.6. The van der Waals surface area contributed by atoms with E-state index in [4.69, 9.17) is 9.47 Å². The third-order valence-corrected chi connectivity index (χ3v) is 6.77. The molecule has 2 rings (SSSR count). The van der Waals surface area contributed by atoms with Crippen LogP contribution in [-0.2, 0) is 15.9 Å². The molecule has 7 heteroatoms. The van der Waals surface area contributed by atoms with Crippen LogP contribution in [0.25, 0.3) is 0 Å². The van der Waals surface area contributed by atoms with Crippen LogP contribution in [0.3, 0.4) is 0 Å². The molecule has 1 fully saturated rings. The molecular weight excluding hydrogens is 430 g/mol. The summed E-state index contributed by atoms with van der Waals surface area (Å²) in [6, 6.07) is 10.5. The summed E-state index contributed by atoms with van der Waals surface area (Å²) in [4.78, 5) is 27.5. The van der Waals surface area contributed by atoms with Gasteiger partial charge in [0, 0.05) is 12.1 Å². The summed E-state index contributed by atoms with van der Waals surface area (Å²) < 4.78 is 10.4. The summed E-state index contributed by atoms with van der Waals surface area (Å²) in [6.07, 6.45) is 10.4. The lowest BCUT2D eigenvalue weighted by atomic mass is 9.98. The summed E-state index contributed by atoms with van der Waals surface area (Å²) in [7, 11) is 2.15. The highest BCUT2D eigenvalue weighted by molar-refractivity contribution is 5.74. The van der Waals surface area contributed by atoms with Crippen molar-refractivity contribution in [3.63, 3.8) is 0 Å². The summed E-state index contributed by atoms with van der Waals surface area (Å²) in [5, 5.41) is 1.37. The second kappa shape index (κ2) is 15.6. The van der Waals surface area contributed by atoms with Gasteiger partial charge in [0.1, 0.15) is 0 Å². The number of carbonyl (C=O) groups is 2. The molecule has 0 bridgehead atoms. The number of carbonyl (C=O) groups excluding carboxylic acids is 2. The third-order valence-electron chi connectivity index (χ3n) is 6.77. The molecule has 1 aromatic carbocycles. The molecule has 0 saturated carbocycles. The van der Waals surface area contributed by atoms with Crippen LogP contribution in [0.2, 0.25) is 0 Å². The van der Waals surface area contributed by atoms with Gasteiger partial charge in [-0.05, 0) is 45.7 Å². The number of unbranched alkanes of at least 4 members (excludes halogenated alkanes) is 6. The summed E-state index contributed by atoms with van der Waals surface area (Å²) in [5.74, 6) is 0. The number of amides is 2. The molecule has 2 amide bonds. The Morgan fingerprint density at radius 1 is 0.971 bits per heavy atom. The van der Waals surface area contributed by atoms with Gasteiger partial charge in [0.2, 0.25) is 0 Å². The number of likely N-dealkylation sites (N-methyl/N-ethyl adjacent to an activating group) is 1. The molecule has 1 aliphatic heterocycles. The van der Waals surface area contributed by atoms with Gasteiger partial charge in [0.15, 0.2) is 0 Å². The molecule has 1 heterocycles. The van der Waals surface area contributed by atoms with E-state index in [1.807, 2.05) is 18.2 Å². The van der Waals surface area contributed by atoms with Crippen molar-refractivity contribution in [2.45, 2.75) is 103 Å². The minimum atomic E-state index is -0.632. The number of nitrogens with zero attached hydrogens (tertiary/aromatic N) is 2. The van der Waals surface area contributed by atoms with Crippen molar-refractivity contribution in [1.29, 1.82) is 0 Å². The Morgan fingerprint density at radius 2 is 1.62 bits per heavy atom. The quantitative estimate of drug-likeness (QED) is 0.283. The van der Waals surface area contributed by atoms with Crippen LogP contribution in [-0.4, -0.2) is 60.5 Å². The molecule has 0 radical (unpaired) electrons. The fourth-order valence-corrected chi connectivity index (χ4v) is 4.93. The second-order valence-corrected chi connectivity index (χ2v) is 9.19. The molecule has 1 aromatic rings. The largest absolute Gasteiger partial charge is 0.449 e. The van der Waals surface area contributed by atoms with Crippen LogP contribution < -0.4 is 5.43 Å². The second-order valence-electron chi connectivity index (χ2n) is 9.19.